The second-order valence-electron chi connectivity index (χ2n) is 9.30. The second-order valence-corrected chi connectivity index (χ2v) is 9.30. The number of aromatic nitrogens is 2. The molecule has 0 radical (unpaired) electrons. The molecule has 0 saturated carbocycles. The number of carbonyl (C=O) groups excluding carboxylic acids is 2. The molecule has 174 valence electrons. The number of halogens is 1. The van der Waals surface area contributed by atoms with Crippen LogP contribution in [0.2, 0.25) is 0 Å². The van der Waals surface area contributed by atoms with Crippen molar-refractivity contribution >= 4 is 28.5 Å². The van der Waals surface area contributed by atoms with E-state index < -0.39 is 0 Å². The van der Waals surface area contributed by atoms with Gasteiger partial charge in [0, 0.05) is 22.5 Å². The third kappa shape index (κ3) is 5.31. The number of imidazole rings is 1. The zero-order chi connectivity index (χ0) is 24.5. The quantitative estimate of drug-likeness (QED) is 0.433. The molecule has 4 rings (SSSR count). The van der Waals surface area contributed by atoms with Crippen LogP contribution >= 0.6 is 0 Å². The van der Waals surface area contributed by atoms with Gasteiger partial charge in [0.25, 0.3) is 5.91 Å². The highest BCUT2D eigenvalue weighted by molar-refractivity contribution is 6.06. The summed E-state index contributed by atoms with van der Waals surface area (Å²) < 4.78 is 15.3. The molecule has 4 aromatic rings. The number of nitrogens with zero attached hydrogens (tertiary/aromatic N) is 2. The van der Waals surface area contributed by atoms with Crippen molar-refractivity contribution in [1.82, 2.24) is 14.9 Å². The van der Waals surface area contributed by atoms with Crippen molar-refractivity contribution in [2.45, 2.75) is 39.7 Å². The van der Waals surface area contributed by atoms with E-state index in [-0.39, 0.29) is 29.6 Å². The number of carbonyl (C=O) groups is 2. The average molecular weight is 459 g/mol. The van der Waals surface area contributed by atoms with Crippen molar-refractivity contribution in [3.63, 3.8) is 0 Å². The predicted molar refractivity (Wildman–Crippen MR) is 132 cm³/mol. The molecule has 34 heavy (non-hydrogen) atoms. The Bertz CT molecular complexity index is 1350. The normalized spacial score (nSPS) is 11.4. The molecule has 1 heterocycles. The van der Waals surface area contributed by atoms with Crippen LogP contribution in [0.25, 0.3) is 16.7 Å². The van der Waals surface area contributed by atoms with Gasteiger partial charge in [0.05, 0.1) is 17.5 Å². The first-order valence-electron chi connectivity index (χ1n) is 11.1. The van der Waals surface area contributed by atoms with Crippen molar-refractivity contribution in [2.75, 3.05) is 5.32 Å². The molecule has 3 aromatic carbocycles. The van der Waals surface area contributed by atoms with E-state index in [4.69, 9.17) is 0 Å². The summed E-state index contributed by atoms with van der Waals surface area (Å²) in [5.74, 6) is 0.118. The predicted octanol–water partition coefficient (Wildman–Crippen LogP) is 5.18. The molecule has 1 aromatic heterocycles. The van der Waals surface area contributed by atoms with Gasteiger partial charge in [-0.2, -0.15) is 0 Å². The Kier molecular flexibility index (Phi) is 6.20. The van der Waals surface area contributed by atoms with Crippen LogP contribution in [0.15, 0.2) is 66.7 Å². The summed E-state index contributed by atoms with van der Waals surface area (Å²) >= 11 is 0. The lowest BCUT2D eigenvalue weighted by Gasteiger charge is -2.20. The lowest BCUT2D eigenvalue weighted by molar-refractivity contribution is -0.121. The summed E-state index contributed by atoms with van der Waals surface area (Å²) in [5, 5.41) is 5.83. The molecule has 0 atom stereocenters. The van der Waals surface area contributed by atoms with Crippen LogP contribution in [-0.2, 0) is 11.2 Å². The molecule has 0 aliphatic rings. The van der Waals surface area contributed by atoms with Gasteiger partial charge in [-0.25, -0.2) is 9.37 Å². The summed E-state index contributed by atoms with van der Waals surface area (Å²) in [6, 6.07) is 18.7. The van der Waals surface area contributed by atoms with Crippen LogP contribution in [0, 0.1) is 12.7 Å². The SMILES string of the molecule is Cc1nc2ccc(C(=O)Nc3ccc(CC(=O)NC(C)(C)C)cc3)cc2n1-c1ccc(F)cc1. The van der Waals surface area contributed by atoms with Crippen LogP contribution in [-0.4, -0.2) is 26.9 Å². The highest BCUT2D eigenvalue weighted by Gasteiger charge is 2.15. The Hall–Kier alpha value is -4.00. The maximum atomic E-state index is 13.4. The minimum absolute atomic E-state index is 0.0503. The van der Waals surface area contributed by atoms with E-state index in [9.17, 15) is 14.0 Å². The molecule has 2 amide bonds. The Morgan fingerprint density at radius 1 is 0.971 bits per heavy atom. The monoisotopic (exact) mass is 458 g/mol. The first-order chi connectivity index (χ1) is 16.1. The fourth-order valence-electron chi connectivity index (χ4n) is 3.81. The molecular weight excluding hydrogens is 431 g/mol. The molecule has 6 nitrogen and oxygen atoms in total. The Balaban J connectivity index is 1.51. The lowest BCUT2D eigenvalue weighted by atomic mass is 10.1. The third-order valence-corrected chi connectivity index (χ3v) is 5.26. The molecule has 7 heteroatoms. The van der Waals surface area contributed by atoms with Gasteiger partial charge in [-0.1, -0.05) is 12.1 Å². The molecule has 0 aliphatic heterocycles. The van der Waals surface area contributed by atoms with Gasteiger partial charge >= 0.3 is 0 Å². The summed E-state index contributed by atoms with van der Waals surface area (Å²) in [5.41, 5.74) is 3.97. The highest BCUT2D eigenvalue weighted by Crippen LogP contribution is 2.23. The number of aryl methyl sites for hydroxylation is 1. The molecular formula is C27H27FN4O2. The van der Waals surface area contributed by atoms with Gasteiger partial charge in [-0.3, -0.25) is 14.2 Å². The van der Waals surface area contributed by atoms with Gasteiger partial charge < -0.3 is 10.6 Å². The molecule has 0 saturated heterocycles. The number of nitrogens with one attached hydrogen (secondary N) is 2. The molecule has 0 fully saturated rings. The van der Waals surface area contributed by atoms with Crippen molar-refractivity contribution in [1.29, 1.82) is 0 Å². The second kappa shape index (κ2) is 9.09. The molecule has 0 bridgehead atoms. The van der Waals surface area contributed by atoms with Crippen molar-refractivity contribution in [2.24, 2.45) is 0 Å². The standard InChI is InChI=1S/C27H27FN4O2/c1-17-29-23-14-7-19(16-24(23)32(17)22-12-8-20(28)9-13-22)26(34)30-21-10-5-18(6-11-21)15-25(33)31-27(2,3)4/h5-14,16H,15H2,1-4H3,(H,30,34)(H,31,33). The number of hydrogen-bond donors (Lipinski definition) is 2. The van der Waals surface area contributed by atoms with Crippen molar-refractivity contribution in [3.05, 3.63) is 89.5 Å². The number of anilines is 1. The largest absolute Gasteiger partial charge is 0.351 e. The van der Waals surface area contributed by atoms with Gasteiger partial charge in [0.15, 0.2) is 0 Å². The summed E-state index contributed by atoms with van der Waals surface area (Å²) in [7, 11) is 0. The van der Waals surface area contributed by atoms with E-state index in [2.05, 4.69) is 15.6 Å². The third-order valence-electron chi connectivity index (χ3n) is 5.26. The van der Waals surface area contributed by atoms with Crippen LogP contribution in [0.4, 0.5) is 10.1 Å². The highest BCUT2D eigenvalue weighted by atomic mass is 19.1. The first-order valence-corrected chi connectivity index (χ1v) is 11.1. The Labute approximate surface area is 197 Å². The van der Waals surface area contributed by atoms with Gasteiger partial charge in [0.1, 0.15) is 11.6 Å². The fraction of sp³-hybridized carbons (Fsp3) is 0.222. The topological polar surface area (TPSA) is 76.0 Å². The van der Waals surface area contributed by atoms with Crippen LogP contribution < -0.4 is 10.6 Å². The number of benzene rings is 3. The van der Waals surface area contributed by atoms with Crippen LogP contribution in [0.1, 0.15) is 42.5 Å². The smallest absolute Gasteiger partial charge is 0.255 e. The molecule has 0 unspecified atom stereocenters. The summed E-state index contributed by atoms with van der Waals surface area (Å²) in [4.78, 5) is 29.6. The van der Waals surface area contributed by atoms with Gasteiger partial charge in [0.2, 0.25) is 5.91 Å². The molecule has 0 spiro atoms. The van der Waals surface area contributed by atoms with Gasteiger partial charge in [-0.15, -0.1) is 0 Å². The lowest BCUT2D eigenvalue weighted by Crippen LogP contribution is -2.41. The number of rotatable bonds is 5. The van der Waals surface area contributed by atoms with E-state index in [1.165, 1.54) is 12.1 Å². The van der Waals surface area contributed by atoms with Gasteiger partial charge in [-0.05, 0) is 87.9 Å². The minimum Gasteiger partial charge on any atom is -0.351 e. The average Bonchev–Trinajstić information content (AvgIpc) is 3.09. The minimum atomic E-state index is -0.313. The van der Waals surface area contributed by atoms with E-state index in [1.54, 1.807) is 42.5 Å². The first kappa shape index (κ1) is 23.2. The molecule has 0 aliphatic carbocycles. The van der Waals surface area contributed by atoms with Crippen molar-refractivity contribution in [3.8, 4) is 5.69 Å². The Morgan fingerprint density at radius 2 is 1.65 bits per heavy atom. The van der Waals surface area contributed by atoms with E-state index in [0.717, 1.165) is 28.1 Å². The summed E-state index contributed by atoms with van der Waals surface area (Å²) in [6.45, 7) is 7.69. The zero-order valence-corrected chi connectivity index (χ0v) is 19.6. The van der Waals surface area contributed by atoms with Crippen LogP contribution in [0.3, 0.4) is 0 Å². The Morgan fingerprint density at radius 3 is 2.29 bits per heavy atom. The fourth-order valence-corrected chi connectivity index (χ4v) is 3.81. The number of hydrogen-bond acceptors (Lipinski definition) is 3. The van der Waals surface area contributed by atoms with Crippen molar-refractivity contribution < 1.29 is 14.0 Å². The molecule has 2 N–H and O–H groups in total. The maximum absolute atomic E-state index is 13.4. The van der Waals surface area contributed by atoms with E-state index >= 15 is 0 Å². The number of fused-ring (bicyclic) bond motifs is 1. The van der Waals surface area contributed by atoms with Crippen LogP contribution in [0.5, 0.6) is 0 Å². The van der Waals surface area contributed by atoms with E-state index in [0.29, 0.717) is 11.3 Å². The van der Waals surface area contributed by atoms with E-state index in [1.807, 2.05) is 44.4 Å². The zero-order valence-electron chi connectivity index (χ0n) is 19.6. The number of amides is 2. The summed E-state index contributed by atoms with van der Waals surface area (Å²) in [6.07, 6.45) is 0.273. The maximum Gasteiger partial charge on any atom is 0.255 e.